The van der Waals surface area contributed by atoms with E-state index in [9.17, 15) is 5.11 Å². The molecule has 0 atom stereocenters. The van der Waals surface area contributed by atoms with Crippen LogP contribution in [0, 0.1) is 10.5 Å². The van der Waals surface area contributed by atoms with Crippen LogP contribution in [-0.2, 0) is 11.8 Å². The molecule has 0 saturated carbocycles. The normalized spacial score (nSPS) is 16.9. The van der Waals surface area contributed by atoms with Crippen molar-refractivity contribution in [2.45, 2.75) is 51.9 Å². The highest BCUT2D eigenvalue weighted by atomic mass is 127. The molecule has 0 bridgehead atoms. The van der Waals surface area contributed by atoms with Crippen molar-refractivity contribution < 1.29 is 5.11 Å². The molecular formula is C16H26INO. The summed E-state index contributed by atoms with van der Waals surface area (Å²) in [4.78, 5) is 0. The molecule has 0 saturated heterocycles. The Kier molecular flexibility index (Phi) is 6.12. The Morgan fingerprint density at radius 1 is 1.26 bits per heavy atom. The van der Waals surface area contributed by atoms with Crippen LogP contribution in [0.2, 0.25) is 0 Å². The van der Waals surface area contributed by atoms with Crippen molar-refractivity contribution >= 4 is 22.6 Å². The van der Waals surface area contributed by atoms with Gasteiger partial charge >= 0.3 is 0 Å². The van der Waals surface area contributed by atoms with Crippen LogP contribution < -0.4 is 5.32 Å². The molecule has 1 aliphatic carbocycles. The zero-order chi connectivity index (χ0) is 14.6. The largest absolute Gasteiger partial charge is 0.507 e. The van der Waals surface area contributed by atoms with Crippen molar-refractivity contribution in [2.24, 2.45) is 0 Å². The molecule has 1 aromatic rings. The van der Waals surface area contributed by atoms with E-state index in [0.29, 0.717) is 5.75 Å². The SMILES string of the molecule is CNC.Cc1cc2c(c(I)c1O)CCCCC2(C)C. The van der Waals surface area contributed by atoms with Crippen LogP contribution >= 0.6 is 22.6 Å². The Morgan fingerprint density at radius 3 is 2.42 bits per heavy atom. The predicted molar refractivity (Wildman–Crippen MR) is 91.1 cm³/mol. The lowest BCUT2D eigenvalue weighted by Crippen LogP contribution is -2.18. The van der Waals surface area contributed by atoms with Gasteiger partial charge in [-0.25, -0.2) is 0 Å². The van der Waals surface area contributed by atoms with Gasteiger partial charge in [-0.05, 0) is 85.0 Å². The Labute approximate surface area is 131 Å². The molecule has 1 aliphatic rings. The second kappa shape index (κ2) is 6.93. The van der Waals surface area contributed by atoms with E-state index in [1.54, 1.807) is 0 Å². The summed E-state index contributed by atoms with van der Waals surface area (Å²) < 4.78 is 1.07. The average molecular weight is 375 g/mol. The number of benzene rings is 1. The lowest BCUT2D eigenvalue weighted by atomic mass is 9.79. The maximum atomic E-state index is 10.0. The van der Waals surface area contributed by atoms with E-state index in [4.69, 9.17) is 0 Å². The van der Waals surface area contributed by atoms with Gasteiger partial charge in [-0.1, -0.05) is 26.3 Å². The molecule has 0 amide bonds. The fourth-order valence-corrected chi connectivity index (χ4v) is 3.64. The van der Waals surface area contributed by atoms with Crippen molar-refractivity contribution in [3.63, 3.8) is 0 Å². The van der Waals surface area contributed by atoms with Gasteiger partial charge in [-0.2, -0.15) is 0 Å². The van der Waals surface area contributed by atoms with E-state index in [0.717, 1.165) is 15.6 Å². The van der Waals surface area contributed by atoms with Crippen molar-refractivity contribution in [2.75, 3.05) is 14.1 Å². The van der Waals surface area contributed by atoms with Gasteiger partial charge < -0.3 is 10.4 Å². The summed E-state index contributed by atoms with van der Waals surface area (Å²) in [7, 11) is 3.75. The van der Waals surface area contributed by atoms with Gasteiger partial charge in [-0.3, -0.25) is 0 Å². The first-order valence-electron chi connectivity index (χ1n) is 6.95. The zero-order valence-electron chi connectivity index (χ0n) is 12.7. The molecular weight excluding hydrogens is 349 g/mol. The second-order valence-electron chi connectivity index (χ2n) is 5.97. The molecule has 0 heterocycles. The predicted octanol–water partition coefficient (Wildman–Crippen LogP) is 4.14. The molecule has 2 N–H and O–H groups in total. The number of aryl methyl sites for hydroxylation is 1. The second-order valence-corrected chi connectivity index (χ2v) is 7.05. The quantitative estimate of drug-likeness (QED) is 0.528. The third kappa shape index (κ3) is 3.85. The van der Waals surface area contributed by atoms with E-state index in [-0.39, 0.29) is 5.41 Å². The highest BCUT2D eigenvalue weighted by molar-refractivity contribution is 14.1. The fourth-order valence-electron chi connectivity index (χ4n) is 2.66. The third-order valence-electron chi connectivity index (χ3n) is 3.74. The van der Waals surface area contributed by atoms with Gasteiger partial charge in [0.1, 0.15) is 5.75 Å². The van der Waals surface area contributed by atoms with E-state index in [1.807, 2.05) is 21.0 Å². The smallest absolute Gasteiger partial charge is 0.132 e. The van der Waals surface area contributed by atoms with E-state index in [2.05, 4.69) is 47.8 Å². The summed E-state index contributed by atoms with van der Waals surface area (Å²) in [5.41, 5.74) is 4.10. The topological polar surface area (TPSA) is 32.3 Å². The van der Waals surface area contributed by atoms with Gasteiger partial charge in [-0.15, -0.1) is 0 Å². The Hall–Kier alpha value is -0.290. The lowest BCUT2D eigenvalue weighted by molar-refractivity contribution is 0.457. The van der Waals surface area contributed by atoms with E-state index >= 15 is 0 Å². The minimum atomic E-state index is 0.254. The number of rotatable bonds is 0. The van der Waals surface area contributed by atoms with Crippen LogP contribution in [0.15, 0.2) is 6.07 Å². The van der Waals surface area contributed by atoms with Crippen molar-refractivity contribution in [1.29, 1.82) is 0 Å². The molecule has 0 unspecified atom stereocenters. The monoisotopic (exact) mass is 375 g/mol. The van der Waals surface area contributed by atoms with Crippen LogP contribution in [0.25, 0.3) is 0 Å². The van der Waals surface area contributed by atoms with E-state index < -0.39 is 0 Å². The van der Waals surface area contributed by atoms with Gasteiger partial charge in [0.2, 0.25) is 0 Å². The highest BCUT2D eigenvalue weighted by Crippen LogP contribution is 2.41. The molecule has 2 rings (SSSR count). The maximum absolute atomic E-state index is 10.0. The number of aromatic hydroxyl groups is 1. The van der Waals surface area contributed by atoms with Gasteiger partial charge in [0.05, 0.1) is 3.57 Å². The number of fused-ring (bicyclic) bond motifs is 1. The Morgan fingerprint density at radius 2 is 1.84 bits per heavy atom. The average Bonchev–Trinajstić information content (AvgIpc) is 2.47. The molecule has 1 aromatic carbocycles. The van der Waals surface area contributed by atoms with Crippen LogP contribution in [-0.4, -0.2) is 19.2 Å². The molecule has 0 fully saturated rings. The molecule has 108 valence electrons. The van der Waals surface area contributed by atoms with Gasteiger partial charge in [0, 0.05) is 0 Å². The first-order chi connectivity index (χ1) is 8.85. The van der Waals surface area contributed by atoms with Crippen molar-refractivity contribution in [1.82, 2.24) is 5.32 Å². The number of hydrogen-bond acceptors (Lipinski definition) is 2. The molecule has 19 heavy (non-hydrogen) atoms. The Balaban J connectivity index is 0.000000550. The van der Waals surface area contributed by atoms with Crippen LogP contribution in [0.4, 0.5) is 0 Å². The number of phenolic OH excluding ortho intramolecular Hbond substituents is 1. The molecule has 0 aliphatic heterocycles. The lowest BCUT2D eigenvalue weighted by Gasteiger charge is -2.27. The molecule has 3 heteroatoms. The summed E-state index contributed by atoms with van der Waals surface area (Å²) in [6.07, 6.45) is 4.90. The summed E-state index contributed by atoms with van der Waals surface area (Å²) in [5, 5.41) is 12.8. The van der Waals surface area contributed by atoms with Gasteiger partial charge in [0.25, 0.3) is 0 Å². The molecule has 0 radical (unpaired) electrons. The summed E-state index contributed by atoms with van der Waals surface area (Å²) in [6, 6.07) is 2.19. The van der Waals surface area contributed by atoms with E-state index in [1.165, 1.54) is 30.4 Å². The van der Waals surface area contributed by atoms with Crippen molar-refractivity contribution in [3.05, 3.63) is 26.3 Å². The minimum absolute atomic E-state index is 0.254. The first kappa shape index (κ1) is 16.8. The van der Waals surface area contributed by atoms with Crippen LogP contribution in [0.1, 0.15) is 49.8 Å². The molecule has 0 spiro atoms. The molecule has 0 aromatic heterocycles. The summed E-state index contributed by atoms with van der Waals surface area (Å²) in [5.74, 6) is 0.483. The summed E-state index contributed by atoms with van der Waals surface area (Å²) >= 11 is 2.30. The summed E-state index contributed by atoms with van der Waals surface area (Å²) in [6.45, 7) is 6.65. The number of phenols is 1. The third-order valence-corrected chi connectivity index (χ3v) is 4.90. The van der Waals surface area contributed by atoms with Crippen molar-refractivity contribution in [3.8, 4) is 5.75 Å². The fraction of sp³-hybridized carbons (Fsp3) is 0.625. The highest BCUT2D eigenvalue weighted by Gasteiger charge is 2.28. The maximum Gasteiger partial charge on any atom is 0.132 e. The van der Waals surface area contributed by atoms with Gasteiger partial charge in [0.15, 0.2) is 0 Å². The Bertz CT molecular complexity index is 441. The minimum Gasteiger partial charge on any atom is -0.507 e. The number of hydrogen-bond donors (Lipinski definition) is 2. The van der Waals surface area contributed by atoms with Crippen LogP contribution in [0.5, 0.6) is 5.75 Å². The standard InChI is InChI=1S/C14H19IO.C2H7N/c1-9-8-11-10(12(15)13(9)16)6-4-5-7-14(11,2)3;1-3-2/h8,16H,4-7H2,1-3H3;3H,1-2H3. The molecule has 2 nitrogen and oxygen atoms in total. The first-order valence-corrected chi connectivity index (χ1v) is 8.03. The number of nitrogens with one attached hydrogen (secondary N) is 1. The van der Waals surface area contributed by atoms with Crippen LogP contribution in [0.3, 0.4) is 0 Å². The number of halogens is 1. The zero-order valence-corrected chi connectivity index (χ0v) is 14.9.